The van der Waals surface area contributed by atoms with Crippen molar-refractivity contribution in [1.29, 1.82) is 5.26 Å². The summed E-state index contributed by atoms with van der Waals surface area (Å²) >= 11 is 0. The van der Waals surface area contributed by atoms with E-state index in [9.17, 15) is 14.9 Å². The summed E-state index contributed by atoms with van der Waals surface area (Å²) in [7, 11) is 0. The van der Waals surface area contributed by atoms with Gasteiger partial charge in [0.25, 0.3) is 5.91 Å². The van der Waals surface area contributed by atoms with Gasteiger partial charge in [-0.25, -0.2) is 4.79 Å². The fourth-order valence-corrected chi connectivity index (χ4v) is 3.30. The van der Waals surface area contributed by atoms with E-state index >= 15 is 0 Å². The molecule has 2 aromatic rings. The van der Waals surface area contributed by atoms with Crippen molar-refractivity contribution in [2.24, 2.45) is 0 Å². The summed E-state index contributed by atoms with van der Waals surface area (Å²) in [6, 6.07) is 11.4. The molecule has 0 radical (unpaired) electrons. The molecule has 3 rings (SSSR count). The number of aryl methyl sites for hydroxylation is 1. The summed E-state index contributed by atoms with van der Waals surface area (Å²) in [5, 5.41) is 23.4. The SMILES string of the molecule is Cc1nnnn1/C(=C\c1ccccc1)C(=O)OCC(=O)NC1(C#N)CCCCC1. The summed E-state index contributed by atoms with van der Waals surface area (Å²) in [5.41, 5.74) is -0.0414. The number of nitrogens with zero attached hydrogens (tertiary/aromatic N) is 5. The number of ether oxygens (including phenoxy) is 1. The third-order valence-electron chi connectivity index (χ3n) is 4.80. The molecule has 0 atom stereocenters. The number of aromatic nitrogens is 4. The van der Waals surface area contributed by atoms with E-state index in [4.69, 9.17) is 4.74 Å². The van der Waals surface area contributed by atoms with Crippen LogP contribution >= 0.6 is 0 Å². The summed E-state index contributed by atoms with van der Waals surface area (Å²) in [5.74, 6) is -0.845. The zero-order valence-electron chi connectivity index (χ0n) is 16.2. The van der Waals surface area contributed by atoms with E-state index in [0.717, 1.165) is 24.8 Å². The Morgan fingerprint density at radius 3 is 2.62 bits per heavy atom. The quantitative estimate of drug-likeness (QED) is 0.586. The molecular formula is C20H22N6O3. The summed E-state index contributed by atoms with van der Waals surface area (Å²) in [6.45, 7) is 1.16. The Balaban J connectivity index is 1.71. The van der Waals surface area contributed by atoms with Crippen molar-refractivity contribution < 1.29 is 14.3 Å². The summed E-state index contributed by atoms with van der Waals surface area (Å²) in [6.07, 6.45) is 5.61. The smallest absolute Gasteiger partial charge is 0.357 e. The number of hydrogen-bond acceptors (Lipinski definition) is 7. The van der Waals surface area contributed by atoms with Gasteiger partial charge in [-0.2, -0.15) is 9.94 Å². The number of amides is 1. The first-order valence-electron chi connectivity index (χ1n) is 9.44. The van der Waals surface area contributed by atoms with Gasteiger partial charge < -0.3 is 10.1 Å². The summed E-state index contributed by atoms with van der Waals surface area (Å²) < 4.78 is 6.46. The van der Waals surface area contributed by atoms with Crippen LogP contribution in [-0.2, 0) is 14.3 Å². The van der Waals surface area contributed by atoms with Gasteiger partial charge in [0, 0.05) is 0 Å². The molecule has 1 N–H and O–H groups in total. The van der Waals surface area contributed by atoms with Crippen LogP contribution in [0.4, 0.5) is 0 Å². The van der Waals surface area contributed by atoms with Gasteiger partial charge in [0.15, 0.2) is 18.1 Å². The van der Waals surface area contributed by atoms with Gasteiger partial charge in [-0.05, 0) is 41.8 Å². The molecule has 1 heterocycles. The molecule has 9 nitrogen and oxygen atoms in total. The van der Waals surface area contributed by atoms with Crippen LogP contribution in [0.1, 0.15) is 43.5 Å². The summed E-state index contributed by atoms with van der Waals surface area (Å²) in [4.78, 5) is 25.0. The third-order valence-corrected chi connectivity index (χ3v) is 4.80. The molecule has 0 spiro atoms. The highest BCUT2D eigenvalue weighted by molar-refractivity contribution is 6.15. The minimum Gasteiger partial charge on any atom is -0.451 e. The lowest BCUT2D eigenvalue weighted by atomic mass is 9.83. The van der Waals surface area contributed by atoms with E-state index < -0.39 is 24.0 Å². The molecule has 0 bridgehead atoms. The molecule has 1 aromatic carbocycles. The Hall–Kier alpha value is -3.54. The van der Waals surface area contributed by atoms with Crippen molar-refractivity contribution in [3.63, 3.8) is 0 Å². The van der Waals surface area contributed by atoms with E-state index in [-0.39, 0.29) is 5.70 Å². The van der Waals surface area contributed by atoms with E-state index in [1.54, 1.807) is 13.0 Å². The Labute approximate surface area is 168 Å². The topological polar surface area (TPSA) is 123 Å². The van der Waals surface area contributed by atoms with Gasteiger partial charge in [0.1, 0.15) is 5.54 Å². The Morgan fingerprint density at radius 2 is 2.00 bits per heavy atom. The van der Waals surface area contributed by atoms with E-state index in [2.05, 4.69) is 26.9 Å². The van der Waals surface area contributed by atoms with Crippen LogP contribution in [0.2, 0.25) is 0 Å². The molecule has 0 aliphatic heterocycles. The predicted molar refractivity (Wildman–Crippen MR) is 104 cm³/mol. The third kappa shape index (κ3) is 5.04. The van der Waals surface area contributed by atoms with E-state index in [0.29, 0.717) is 18.7 Å². The van der Waals surface area contributed by atoms with Crippen LogP contribution < -0.4 is 5.32 Å². The molecule has 1 amide bonds. The van der Waals surface area contributed by atoms with Crippen molar-refractivity contribution in [2.45, 2.75) is 44.6 Å². The number of nitriles is 1. The molecule has 150 valence electrons. The van der Waals surface area contributed by atoms with Gasteiger partial charge in [-0.1, -0.05) is 49.6 Å². The maximum absolute atomic E-state index is 12.7. The van der Waals surface area contributed by atoms with Gasteiger partial charge in [0.2, 0.25) is 0 Å². The number of carbonyl (C=O) groups excluding carboxylic acids is 2. The Kier molecular flexibility index (Phi) is 6.34. The average molecular weight is 394 g/mol. The largest absolute Gasteiger partial charge is 0.451 e. The van der Waals surface area contributed by atoms with Crippen LogP contribution in [0, 0.1) is 18.3 Å². The Morgan fingerprint density at radius 1 is 1.28 bits per heavy atom. The number of hydrogen-bond donors (Lipinski definition) is 1. The highest BCUT2D eigenvalue weighted by Gasteiger charge is 2.33. The average Bonchev–Trinajstić information content (AvgIpc) is 3.17. The van der Waals surface area contributed by atoms with E-state index in [1.807, 2.05) is 30.3 Å². The number of nitrogens with one attached hydrogen (secondary N) is 1. The number of esters is 1. The maximum atomic E-state index is 12.7. The van der Waals surface area contributed by atoms with Crippen LogP contribution in [0.5, 0.6) is 0 Å². The first kappa shape index (κ1) is 20.2. The monoisotopic (exact) mass is 394 g/mol. The Bertz CT molecular complexity index is 939. The highest BCUT2D eigenvalue weighted by Crippen LogP contribution is 2.27. The molecule has 1 aromatic heterocycles. The first-order chi connectivity index (χ1) is 14.0. The van der Waals surface area contributed by atoms with Crippen LogP contribution in [-0.4, -0.2) is 44.2 Å². The molecule has 1 aliphatic carbocycles. The fraction of sp³-hybridized carbons (Fsp3) is 0.400. The number of tetrazole rings is 1. The zero-order chi connectivity index (χ0) is 20.7. The normalized spacial score (nSPS) is 15.9. The molecule has 0 saturated heterocycles. The number of benzene rings is 1. The second kappa shape index (κ2) is 9.10. The number of carbonyl (C=O) groups is 2. The fourth-order valence-electron chi connectivity index (χ4n) is 3.30. The van der Waals surface area contributed by atoms with Crippen LogP contribution in [0.3, 0.4) is 0 Å². The molecule has 1 aliphatic rings. The first-order valence-corrected chi connectivity index (χ1v) is 9.44. The molecule has 29 heavy (non-hydrogen) atoms. The lowest BCUT2D eigenvalue weighted by molar-refractivity contribution is -0.143. The highest BCUT2D eigenvalue weighted by atomic mass is 16.5. The molecule has 9 heteroatoms. The maximum Gasteiger partial charge on any atom is 0.357 e. The van der Waals surface area contributed by atoms with Crippen molar-refractivity contribution in [3.8, 4) is 6.07 Å². The van der Waals surface area contributed by atoms with Crippen molar-refractivity contribution >= 4 is 23.6 Å². The van der Waals surface area contributed by atoms with Gasteiger partial charge >= 0.3 is 5.97 Å². The van der Waals surface area contributed by atoms with Crippen molar-refractivity contribution in [2.75, 3.05) is 6.61 Å². The van der Waals surface area contributed by atoms with Crippen LogP contribution in [0.25, 0.3) is 11.8 Å². The standard InChI is InChI=1S/C20H22N6O3/c1-15-23-24-25-26(15)17(12-16-8-4-2-5-9-16)19(28)29-13-18(27)22-20(14-21)10-6-3-7-11-20/h2,4-5,8-9,12H,3,6-7,10-11,13H2,1H3,(H,22,27)/b17-12-. The van der Waals surface area contributed by atoms with Gasteiger partial charge in [0.05, 0.1) is 6.07 Å². The zero-order valence-corrected chi connectivity index (χ0v) is 16.2. The van der Waals surface area contributed by atoms with Gasteiger partial charge in [-0.3, -0.25) is 4.79 Å². The van der Waals surface area contributed by atoms with E-state index in [1.165, 1.54) is 4.68 Å². The lowest BCUT2D eigenvalue weighted by Crippen LogP contribution is -2.50. The molecule has 1 fully saturated rings. The molecular weight excluding hydrogens is 372 g/mol. The molecule has 0 unspecified atom stereocenters. The van der Waals surface area contributed by atoms with Crippen molar-refractivity contribution in [1.82, 2.24) is 25.5 Å². The minimum atomic E-state index is -0.878. The predicted octanol–water partition coefficient (Wildman–Crippen LogP) is 1.87. The van der Waals surface area contributed by atoms with Gasteiger partial charge in [-0.15, -0.1) is 5.10 Å². The second-order valence-corrected chi connectivity index (χ2v) is 6.96. The second-order valence-electron chi connectivity index (χ2n) is 6.96. The lowest BCUT2D eigenvalue weighted by Gasteiger charge is -2.31. The molecule has 1 saturated carbocycles. The minimum absolute atomic E-state index is 0.0826. The number of rotatable bonds is 6. The van der Waals surface area contributed by atoms with Crippen molar-refractivity contribution in [3.05, 3.63) is 41.7 Å². The van der Waals surface area contributed by atoms with Crippen LogP contribution in [0.15, 0.2) is 30.3 Å².